The van der Waals surface area contributed by atoms with Crippen molar-refractivity contribution in [1.82, 2.24) is 19.2 Å². The molecule has 0 saturated carbocycles. The summed E-state index contributed by atoms with van der Waals surface area (Å²) in [6.45, 7) is 1.35. The fraction of sp³-hybridized carbons (Fsp3) is 0.125. The zero-order valence-electron chi connectivity index (χ0n) is 17.8. The average molecular weight is 499 g/mol. The molecule has 172 valence electrons. The number of thiophene rings is 1. The monoisotopic (exact) mass is 498 g/mol. The lowest BCUT2D eigenvalue weighted by Crippen LogP contribution is -2.22. The van der Waals surface area contributed by atoms with Gasteiger partial charge in [-0.15, -0.1) is 21.5 Å². The van der Waals surface area contributed by atoms with Crippen molar-refractivity contribution in [3.8, 4) is 16.1 Å². The van der Waals surface area contributed by atoms with Crippen molar-refractivity contribution in [2.24, 2.45) is 0 Å². The molecular weight excluding hydrogens is 481 g/mol. The predicted molar refractivity (Wildman–Crippen MR) is 128 cm³/mol. The predicted octanol–water partition coefficient (Wildman–Crippen LogP) is 6.23. The van der Waals surface area contributed by atoms with Crippen LogP contribution in [-0.2, 0) is 11.9 Å². The first-order chi connectivity index (χ1) is 16.3. The summed E-state index contributed by atoms with van der Waals surface area (Å²) in [5, 5.41) is 10.8. The third kappa shape index (κ3) is 4.03. The van der Waals surface area contributed by atoms with Gasteiger partial charge >= 0.3 is 11.7 Å². The highest BCUT2D eigenvalue weighted by Crippen LogP contribution is 2.34. The maximum absolute atomic E-state index is 13.3. The lowest BCUT2D eigenvalue weighted by atomic mass is 10.1. The molecule has 5 nitrogen and oxygen atoms in total. The molecule has 0 radical (unpaired) electrons. The standard InChI is InChI=1S/C24H17F3N4OS2/c1-15-18(24(25,26)27)8-4-9-19(15)30-11-12-31-21(22(30)32)28-29-23(31)34-14-16-6-2-3-7-17(16)20-10-5-13-33-20/h2-13H,14H2,1H3. The van der Waals surface area contributed by atoms with Crippen molar-refractivity contribution in [2.75, 3.05) is 0 Å². The molecule has 0 fully saturated rings. The molecule has 10 heteroatoms. The van der Waals surface area contributed by atoms with Crippen molar-refractivity contribution in [3.05, 3.63) is 99.4 Å². The van der Waals surface area contributed by atoms with E-state index in [1.165, 1.54) is 46.5 Å². The van der Waals surface area contributed by atoms with Crippen LogP contribution in [0.1, 0.15) is 16.7 Å². The lowest BCUT2D eigenvalue weighted by molar-refractivity contribution is -0.138. The first kappa shape index (κ1) is 22.4. The first-order valence-electron chi connectivity index (χ1n) is 10.2. The molecule has 0 N–H and O–H groups in total. The lowest BCUT2D eigenvalue weighted by Gasteiger charge is -2.15. The van der Waals surface area contributed by atoms with Crippen molar-refractivity contribution in [3.63, 3.8) is 0 Å². The molecule has 5 aromatic rings. The summed E-state index contributed by atoms with van der Waals surface area (Å²) in [6, 6.07) is 15.9. The Labute approximate surface area is 200 Å². The van der Waals surface area contributed by atoms with Gasteiger partial charge in [-0.2, -0.15) is 13.2 Å². The van der Waals surface area contributed by atoms with E-state index in [2.05, 4.69) is 28.4 Å². The fourth-order valence-electron chi connectivity index (χ4n) is 3.81. The molecule has 0 atom stereocenters. The third-order valence-electron chi connectivity index (χ3n) is 5.47. The number of rotatable bonds is 5. The van der Waals surface area contributed by atoms with Crippen LogP contribution in [0.15, 0.2) is 82.3 Å². The number of hydrogen-bond donors (Lipinski definition) is 0. The Morgan fingerprint density at radius 3 is 2.59 bits per heavy atom. The van der Waals surface area contributed by atoms with Crippen LogP contribution in [0.3, 0.4) is 0 Å². The Balaban J connectivity index is 1.48. The highest BCUT2D eigenvalue weighted by atomic mass is 32.2. The topological polar surface area (TPSA) is 52.2 Å². The van der Waals surface area contributed by atoms with Gasteiger partial charge in [0, 0.05) is 23.0 Å². The van der Waals surface area contributed by atoms with Gasteiger partial charge in [0.25, 0.3) is 0 Å². The molecule has 0 aliphatic heterocycles. The van der Waals surface area contributed by atoms with Crippen molar-refractivity contribution < 1.29 is 13.2 Å². The minimum absolute atomic E-state index is 0.0271. The molecule has 0 amide bonds. The van der Waals surface area contributed by atoms with Crippen LogP contribution in [0.2, 0.25) is 0 Å². The highest BCUT2D eigenvalue weighted by molar-refractivity contribution is 7.98. The largest absolute Gasteiger partial charge is 0.416 e. The summed E-state index contributed by atoms with van der Waals surface area (Å²) in [4.78, 5) is 14.3. The Morgan fingerprint density at radius 2 is 1.82 bits per heavy atom. The van der Waals surface area contributed by atoms with Gasteiger partial charge < -0.3 is 0 Å². The number of nitrogens with zero attached hydrogens (tertiary/aromatic N) is 4. The van der Waals surface area contributed by atoms with Crippen LogP contribution in [-0.4, -0.2) is 19.2 Å². The van der Waals surface area contributed by atoms with Crippen LogP contribution < -0.4 is 5.56 Å². The Morgan fingerprint density at radius 1 is 1.00 bits per heavy atom. The van der Waals surface area contributed by atoms with Crippen LogP contribution >= 0.6 is 23.1 Å². The smallest absolute Gasteiger partial charge is 0.279 e. The quantitative estimate of drug-likeness (QED) is 0.270. The maximum atomic E-state index is 13.3. The molecule has 0 aliphatic carbocycles. The minimum atomic E-state index is -4.51. The molecule has 5 rings (SSSR count). The normalized spacial score (nSPS) is 11.9. The molecule has 34 heavy (non-hydrogen) atoms. The number of halogens is 3. The maximum Gasteiger partial charge on any atom is 0.416 e. The summed E-state index contributed by atoms with van der Waals surface area (Å²) < 4.78 is 42.7. The van der Waals surface area contributed by atoms with Crippen LogP contribution in [0.5, 0.6) is 0 Å². The Hall–Kier alpha value is -3.37. The van der Waals surface area contributed by atoms with E-state index < -0.39 is 17.3 Å². The molecule has 0 aliphatic rings. The minimum Gasteiger partial charge on any atom is -0.279 e. The number of hydrogen-bond acceptors (Lipinski definition) is 5. The SMILES string of the molecule is Cc1c(-n2ccn3c(SCc4ccccc4-c4cccs4)nnc3c2=O)cccc1C(F)(F)F. The van der Waals surface area contributed by atoms with Gasteiger partial charge in [0.05, 0.1) is 11.3 Å². The third-order valence-corrected chi connectivity index (χ3v) is 7.37. The zero-order chi connectivity index (χ0) is 23.9. The molecule has 0 bridgehead atoms. The van der Waals surface area contributed by atoms with Gasteiger partial charge in [0.2, 0.25) is 5.65 Å². The second-order valence-electron chi connectivity index (χ2n) is 7.52. The summed E-state index contributed by atoms with van der Waals surface area (Å²) in [6.07, 6.45) is -1.46. The average Bonchev–Trinajstić information content (AvgIpc) is 3.49. The molecule has 3 heterocycles. The second-order valence-corrected chi connectivity index (χ2v) is 9.41. The molecule has 0 spiro atoms. The Bertz CT molecular complexity index is 1540. The Kier molecular flexibility index (Phi) is 5.78. The molecule has 0 unspecified atom stereocenters. The van der Waals surface area contributed by atoms with E-state index >= 15 is 0 Å². The van der Waals surface area contributed by atoms with Crippen LogP contribution in [0.25, 0.3) is 21.8 Å². The molecule has 2 aromatic carbocycles. The summed E-state index contributed by atoms with van der Waals surface area (Å²) in [7, 11) is 0. The van der Waals surface area contributed by atoms with E-state index in [1.54, 1.807) is 21.9 Å². The van der Waals surface area contributed by atoms with E-state index in [9.17, 15) is 18.0 Å². The van der Waals surface area contributed by atoms with E-state index in [4.69, 9.17) is 0 Å². The molecule has 0 saturated heterocycles. The molecular formula is C24H17F3N4OS2. The second kappa shape index (κ2) is 8.77. The summed E-state index contributed by atoms with van der Waals surface area (Å²) >= 11 is 3.10. The van der Waals surface area contributed by atoms with Gasteiger partial charge in [-0.1, -0.05) is 48.2 Å². The molecule has 3 aromatic heterocycles. The number of fused-ring (bicyclic) bond motifs is 1. The number of aromatic nitrogens is 4. The zero-order valence-corrected chi connectivity index (χ0v) is 19.4. The van der Waals surface area contributed by atoms with Gasteiger partial charge in [-0.25, -0.2) is 0 Å². The first-order valence-corrected chi connectivity index (χ1v) is 12.1. The van der Waals surface area contributed by atoms with Crippen molar-refractivity contribution in [2.45, 2.75) is 24.0 Å². The number of benzene rings is 2. The summed E-state index contributed by atoms with van der Waals surface area (Å²) in [5.74, 6) is 0.616. The van der Waals surface area contributed by atoms with Crippen molar-refractivity contribution >= 4 is 28.7 Å². The number of alkyl halides is 3. The van der Waals surface area contributed by atoms with Gasteiger partial charge in [-0.3, -0.25) is 13.8 Å². The highest BCUT2D eigenvalue weighted by Gasteiger charge is 2.33. The van der Waals surface area contributed by atoms with E-state index in [0.29, 0.717) is 10.9 Å². The number of thioether (sulfide) groups is 1. The van der Waals surface area contributed by atoms with E-state index in [-0.39, 0.29) is 16.9 Å². The van der Waals surface area contributed by atoms with Gasteiger partial charge in [0.15, 0.2) is 5.16 Å². The van der Waals surface area contributed by atoms with Gasteiger partial charge in [0.1, 0.15) is 0 Å². The van der Waals surface area contributed by atoms with Crippen LogP contribution in [0, 0.1) is 6.92 Å². The van der Waals surface area contributed by atoms with E-state index in [0.717, 1.165) is 17.2 Å². The van der Waals surface area contributed by atoms with E-state index in [1.807, 2.05) is 23.6 Å². The fourth-order valence-corrected chi connectivity index (χ4v) is 5.51. The van der Waals surface area contributed by atoms with Crippen LogP contribution in [0.4, 0.5) is 13.2 Å². The van der Waals surface area contributed by atoms with Gasteiger partial charge in [-0.05, 0) is 47.2 Å². The van der Waals surface area contributed by atoms with Crippen molar-refractivity contribution in [1.29, 1.82) is 0 Å². The summed E-state index contributed by atoms with van der Waals surface area (Å²) in [5.41, 5.74) is 1.13.